The van der Waals surface area contributed by atoms with E-state index in [4.69, 9.17) is 5.73 Å². The molecule has 0 saturated carbocycles. The van der Waals surface area contributed by atoms with Crippen LogP contribution in [0.1, 0.15) is 32.1 Å². The van der Waals surface area contributed by atoms with E-state index in [0.29, 0.717) is 0 Å². The van der Waals surface area contributed by atoms with Gasteiger partial charge < -0.3 is 16.0 Å². The van der Waals surface area contributed by atoms with Gasteiger partial charge in [-0.2, -0.15) is 0 Å². The largest absolute Gasteiger partial charge is 0.323 e. The van der Waals surface area contributed by atoms with Crippen molar-refractivity contribution in [3.8, 4) is 0 Å². The Morgan fingerprint density at radius 1 is 1.14 bits per heavy atom. The molecule has 0 aromatic rings. The van der Waals surface area contributed by atoms with Gasteiger partial charge in [0.2, 0.25) is 0 Å². The first-order valence-electron chi connectivity index (χ1n) is 6.01. The first-order valence-corrected chi connectivity index (χ1v) is 6.01. The molecule has 2 rings (SSSR count). The Labute approximate surface area is 87.0 Å². The molecule has 2 fully saturated rings. The first-order chi connectivity index (χ1) is 6.79. The zero-order valence-corrected chi connectivity index (χ0v) is 9.10. The molecule has 1 atom stereocenters. The lowest BCUT2D eigenvalue weighted by Crippen LogP contribution is -2.59. The van der Waals surface area contributed by atoms with Crippen molar-refractivity contribution in [2.45, 2.75) is 37.6 Å². The average Bonchev–Trinajstić information content (AvgIpc) is 2.19. The normalized spacial score (nSPS) is 35.8. The van der Waals surface area contributed by atoms with Crippen LogP contribution in [0.5, 0.6) is 0 Å². The Bertz CT molecular complexity index is 169. The van der Waals surface area contributed by atoms with Gasteiger partial charge in [-0.3, -0.25) is 0 Å². The molecule has 1 unspecified atom stereocenters. The van der Waals surface area contributed by atoms with Crippen molar-refractivity contribution in [2.24, 2.45) is 5.73 Å². The molecule has 2 saturated heterocycles. The van der Waals surface area contributed by atoms with Gasteiger partial charge in [0.05, 0.1) is 0 Å². The van der Waals surface area contributed by atoms with Crippen LogP contribution < -0.4 is 11.1 Å². The summed E-state index contributed by atoms with van der Waals surface area (Å²) in [5.74, 6) is 0. The number of nitrogens with two attached hydrogens (primary N) is 1. The third-order valence-corrected chi connectivity index (χ3v) is 3.49. The van der Waals surface area contributed by atoms with Crippen molar-refractivity contribution < 1.29 is 0 Å². The van der Waals surface area contributed by atoms with Gasteiger partial charge in [0.1, 0.15) is 0 Å². The smallest absolute Gasteiger partial charge is 0.0410 e. The van der Waals surface area contributed by atoms with Gasteiger partial charge in [-0.05, 0) is 45.3 Å². The summed E-state index contributed by atoms with van der Waals surface area (Å²) < 4.78 is 0. The summed E-state index contributed by atoms with van der Waals surface area (Å²) in [6.07, 6.45) is 6.57. The van der Waals surface area contributed by atoms with E-state index in [-0.39, 0.29) is 5.54 Å². The molecule has 0 aromatic carbocycles. The monoisotopic (exact) mass is 197 g/mol. The number of nitrogens with one attached hydrogen (secondary N) is 1. The highest BCUT2D eigenvalue weighted by atomic mass is 15.2. The Balaban J connectivity index is 1.81. The number of piperidine rings is 2. The molecular weight excluding hydrogens is 174 g/mol. The van der Waals surface area contributed by atoms with Crippen LogP contribution in [0.25, 0.3) is 0 Å². The van der Waals surface area contributed by atoms with Crippen molar-refractivity contribution in [1.82, 2.24) is 10.2 Å². The molecule has 0 spiro atoms. The number of hydrogen-bond donors (Lipinski definition) is 2. The van der Waals surface area contributed by atoms with E-state index in [2.05, 4.69) is 10.2 Å². The Morgan fingerprint density at radius 2 is 1.93 bits per heavy atom. The van der Waals surface area contributed by atoms with Gasteiger partial charge >= 0.3 is 0 Å². The predicted molar refractivity (Wildman–Crippen MR) is 59.3 cm³/mol. The van der Waals surface area contributed by atoms with Gasteiger partial charge in [-0.15, -0.1) is 0 Å². The summed E-state index contributed by atoms with van der Waals surface area (Å²) in [6.45, 7) is 5.78. The predicted octanol–water partition coefficient (Wildman–Crippen LogP) is 0.553. The summed E-state index contributed by atoms with van der Waals surface area (Å²) in [6, 6.07) is 0. The van der Waals surface area contributed by atoms with Gasteiger partial charge in [-0.25, -0.2) is 0 Å². The van der Waals surface area contributed by atoms with E-state index in [1.165, 1.54) is 45.2 Å². The zero-order valence-electron chi connectivity index (χ0n) is 9.10. The van der Waals surface area contributed by atoms with Crippen LogP contribution in [0.4, 0.5) is 0 Å². The molecule has 82 valence electrons. The van der Waals surface area contributed by atoms with E-state index in [9.17, 15) is 0 Å². The van der Waals surface area contributed by atoms with E-state index < -0.39 is 0 Å². The van der Waals surface area contributed by atoms with Crippen LogP contribution in [-0.2, 0) is 0 Å². The Hall–Kier alpha value is -0.120. The highest BCUT2D eigenvalue weighted by molar-refractivity contribution is 4.93. The maximum absolute atomic E-state index is 6.39. The second-order valence-electron chi connectivity index (χ2n) is 4.98. The van der Waals surface area contributed by atoms with Gasteiger partial charge in [-0.1, -0.05) is 6.42 Å². The van der Waals surface area contributed by atoms with Crippen molar-refractivity contribution >= 4 is 0 Å². The van der Waals surface area contributed by atoms with E-state index >= 15 is 0 Å². The number of likely N-dealkylation sites (tertiary alicyclic amines) is 1. The lowest BCUT2D eigenvalue weighted by molar-refractivity contribution is 0.158. The third-order valence-electron chi connectivity index (χ3n) is 3.49. The Morgan fingerprint density at radius 3 is 2.57 bits per heavy atom. The fourth-order valence-electron chi connectivity index (χ4n) is 2.69. The maximum Gasteiger partial charge on any atom is 0.0410 e. The molecule has 3 nitrogen and oxygen atoms in total. The van der Waals surface area contributed by atoms with Gasteiger partial charge in [0.25, 0.3) is 0 Å². The van der Waals surface area contributed by atoms with Crippen molar-refractivity contribution in [1.29, 1.82) is 0 Å². The summed E-state index contributed by atoms with van der Waals surface area (Å²) in [5, 5.41) is 3.41. The standard InChI is InChI=1S/C11H23N3/c12-11(5-4-6-13-9-11)10-14-7-2-1-3-8-14/h13H,1-10,12H2. The van der Waals surface area contributed by atoms with Crippen molar-refractivity contribution in [2.75, 3.05) is 32.7 Å². The number of nitrogens with zero attached hydrogens (tertiary/aromatic N) is 1. The molecular formula is C11H23N3. The number of rotatable bonds is 2. The summed E-state index contributed by atoms with van der Waals surface area (Å²) in [5.41, 5.74) is 6.44. The van der Waals surface area contributed by atoms with E-state index in [1.807, 2.05) is 0 Å². The van der Waals surface area contributed by atoms with E-state index in [0.717, 1.165) is 19.6 Å². The SMILES string of the molecule is NC1(CN2CCCCC2)CCCNC1. The van der Waals surface area contributed by atoms with Crippen LogP contribution in [-0.4, -0.2) is 43.2 Å². The minimum absolute atomic E-state index is 0.0512. The summed E-state index contributed by atoms with van der Waals surface area (Å²) in [4.78, 5) is 2.55. The lowest BCUT2D eigenvalue weighted by atomic mass is 9.90. The van der Waals surface area contributed by atoms with Gasteiger partial charge in [0, 0.05) is 18.6 Å². The minimum Gasteiger partial charge on any atom is -0.323 e. The molecule has 14 heavy (non-hydrogen) atoms. The van der Waals surface area contributed by atoms with Crippen LogP contribution in [0, 0.1) is 0 Å². The summed E-state index contributed by atoms with van der Waals surface area (Å²) in [7, 11) is 0. The van der Waals surface area contributed by atoms with E-state index in [1.54, 1.807) is 0 Å². The third kappa shape index (κ3) is 2.69. The second kappa shape index (κ2) is 4.60. The van der Waals surface area contributed by atoms with Gasteiger partial charge in [0.15, 0.2) is 0 Å². The highest BCUT2D eigenvalue weighted by Gasteiger charge is 2.29. The molecule has 2 aliphatic rings. The second-order valence-corrected chi connectivity index (χ2v) is 4.98. The maximum atomic E-state index is 6.39. The minimum atomic E-state index is 0.0512. The van der Waals surface area contributed by atoms with Crippen LogP contribution in [0.3, 0.4) is 0 Å². The average molecular weight is 197 g/mol. The molecule has 0 bridgehead atoms. The Kier molecular flexibility index (Phi) is 3.42. The molecule has 2 heterocycles. The van der Waals surface area contributed by atoms with Crippen molar-refractivity contribution in [3.63, 3.8) is 0 Å². The highest BCUT2D eigenvalue weighted by Crippen LogP contribution is 2.17. The molecule has 0 aromatic heterocycles. The fraction of sp³-hybridized carbons (Fsp3) is 1.00. The van der Waals surface area contributed by atoms with Crippen LogP contribution in [0.2, 0.25) is 0 Å². The quantitative estimate of drug-likeness (QED) is 0.679. The number of hydrogen-bond acceptors (Lipinski definition) is 3. The summed E-state index contributed by atoms with van der Waals surface area (Å²) >= 11 is 0. The first kappa shape index (κ1) is 10.4. The zero-order chi connectivity index (χ0) is 9.86. The molecule has 2 aliphatic heterocycles. The molecule has 3 N–H and O–H groups in total. The van der Waals surface area contributed by atoms with Crippen LogP contribution >= 0.6 is 0 Å². The van der Waals surface area contributed by atoms with Crippen molar-refractivity contribution in [3.05, 3.63) is 0 Å². The topological polar surface area (TPSA) is 41.3 Å². The molecule has 0 aliphatic carbocycles. The molecule has 0 amide bonds. The van der Waals surface area contributed by atoms with Crippen LogP contribution in [0.15, 0.2) is 0 Å². The lowest BCUT2D eigenvalue weighted by Gasteiger charge is -2.39. The molecule has 0 radical (unpaired) electrons. The molecule has 3 heteroatoms. The fourth-order valence-corrected chi connectivity index (χ4v) is 2.69.